The van der Waals surface area contributed by atoms with Crippen LogP contribution in [0, 0.1) is 27.7 Å². The number of hydrogen-bond donors (Lipinski definition) is 1. The zero-order chi connectivity index (χ0) is 19.4. The van der Waals surface area contributed by atoms with Gasteiger partial charge in [-0.1, -0.05) is 17.7 Å². The van der Waals surface area contributed by atoms with Crippen LogP contribution in [-0.2, 0) is 9.53 Å². The van der Waals surface area contributed by atoms with Gasteiger partial charge in [-0.05, 0) is 45.4 Å². The fourth-order valence-electron chi connectivity index (χ4n) is 3.52. The van der Waals surface area contributed by atoms with Gasteiger partial charge in [0.1, 0.15) is 0 Å². The summed E-state index contributed by atoms with van der Waals surface area (Å²) in [5.41, 5.74) is 9.53. The van der Waals surface area contributed by atoms with Crippen molar-refractivity contribution in [2.24, 2.45) is 5.10 Å². The summed E-state index contributed by atoms with van der Waals surface area (Å²) in [5.74, 6) is -0.101. The fraction of sp³-hybridized carbons (Fsp3) is 0.429. The highest BCUT2D eigenvalue weighted by atomic mass is 16.5. The largest absolute Gasteiger partial charge is 0.379 e. The summed E-state index contributed by atoms with van der Waals surface area (Å²) < 4.78 is 7.52. The number of hydrazone groups is 1. The van der Waals surface area contributed by atoms with Crippen molar-refractivity contribution < 1.29 is 9.53 Å². The van der Waals surface area contributed by atoms with E-state index in [1.54, 1.807) is 6.21 Å². The number of nitrogens with zero attached hydrogens (tertiary/aromatic N) is 3. The topological polar surface area (TPSA) is 58.9 Å². The van der Waals surface area contributed by atoms with E-state index in [9.17, 15) is 4.79 Å². The highest BCUT2D eigenvalue weighted by Crippen LogP contribution is 2.23. The summed E-state index contributed by atoms with van der Waals surface area (Å²) >= 11 is 0. The Hall–Kier alpha value is -2.44. The van der Waals surface area contributed by atoms with Crippen molar-refractivity contribution >= 4 is 12.1 Å². The molecule has 0 unspecified atom stereocenters. The molecular formula is C21H28N4O2. The molecule has 1 amide bonds. The second kappa shape index (κ2) is 8.50. The minimum absolute atomic E-state index is 0.101. The van der Waals surface area contributed by atoms with Gasteiger partial charge in [0, 0.05) is 35.7 Å². The first kappa shape index (κ1) is 19.3. The number of benzene rings is 1. The summed E-state index contributed by atoms with van der Waals surface area (Å²) in [6.45, 7) is 11.7. The lowest BCUT2D eigenvalue weighted by atomic mass is 10.1. The Balaban J connectivity index is 1.69. The van der Waals surface area contributed by atoms with E-state index in [-0.39, 0.29) is 5.91 Å². The van der Waals surface area contributed by atoms with Crippen molar-refractivity contribution in [3.8, 4) is 5.69 Å². The Labute approximate surface area is 160 Å². The molecule has 6 nitrogen and oxygen atoms in total. The average molecular weight is 368 g/mol. The standard InChI is InChI=1S/C21H28N4O2/c1-15-5-6-20(16(2)11-15)25-17(3)12-19(18(25)4)13-22-23-21(26)14-24-7-9-27-10-8-24/h5-6,11-13H,7-10,14H2,1-4H3,(H,23,26). The summed E-state index contributed by atoms with van der Waals surface area (Å²) in [6, 6.07) is 8.55. The molecule has 27 heavy (non-hydrogen) atoms. The lowest BCUT2D eigenvalue weighted by Gasteiger charge is -2.25. The Morgan fingerprint density at radius 3 is 2.63 bits per heavy atom. The van der Waals surface area contributed by atoms with Crippen LogP contribution in [0.4, 0.5) is 0 Å². The number of carbonyl (C=O) groups is 1. The molecule has 0 radical (unpaired) electrons. The summed E-state index contributed by atoms with van der Waals surface area (Å²) in [7, 11) is 0. The maximum Gasteiger partial charge on any atom is 0.254 e. The quantitative estimate of drug-likeness (QED) is 0.652. The molecule has 1 N–H and O–H groups in total. The molecule has 0 spiro atoms. The number of ether oxygens (including phenoxy) is 1. The number of aryl methyl sites for hydroxylation is 3. The minimum atomic E-state index is -0.101. The lowest BCUT2D eigenvalue weighted by molar-refractivity contribution is -0.123. The molecule has 1 fully saturated rings. The van der Waals surface area contributed by atoms with E-state index in [4.69, 9.17) is 4.74 Å². The van der Waals surface area contributed by atoms with Crippen LogP contribution in [0.5, 0.6) is 0 Å². The molecule has 2 heterocycles. The van der Waals surface area contributed by atoms with Gasteiger partial charge in [0.25, 0.3) is 5.91 Å². The summed E-state index contributed by atoms with van der Waals surface area (Å²) in [4.78, 5) is 14.1. The Bertz CT molecular complexity index is 848. The molecule has 1 aliphatic heterocycles. The SMILES string of the molecule is Cc1ccc(-n2c(C)cc(C=NNC(=O)CN3CCOCC3)c2C)c(C)c1. The van der Waals surface area contributed by atoms with E-state index in [0.717, 1.165) is 30.0 Å². The van der Waals surface area contributed by atoms with E-state index in [1.165, 1.54) is 16.8 Å². The molecule has 1 saturated heterocycles. The maximum absolute atomic E-state index is 12.0. The van der Waals surface area contributed by atoms with Gasteiger partial charge in [0.2, 0.25) is 0 Å². The van der Waals surface area contributed by atoms with Gasteiger partial charge in [-0.2, -0.15) is 5.10 Å². The van der Waals surface area contributed by atoms with Crippen LogP contribution in [0.1, 0.15) is 28.1 Å². The van der Waals surface area contributed by atoms with Crippen LogP contribution in [0.25, 0.3) is 5.69 Å². The highest BCUT2D eigenvalue weighted by molar-refractivity contribution is 5.84. The number of nitrogens with one attached hydrogen (secondary N) is 1. The zero-order valence-corrected chi connectivity index (χ0v) is 16.6. The van der Waals surface area contributed by atoms with Crippen LogP contribution < -0.4 is 5.43 Å². The molecule has 1 aromatic heterocycles. The number of amides is 1. The third kappa shape index (κ3) is 4.64. The van der Waals surface area contributed by atoms with Crippen LogP contribution in [0.15, 0.2) is 29.4 Å². The molecule has 6 heteroatoms. The molecule has 3 rings (SSSR count). The Kier molecular flexibility index (Phi) is 6.08. The predicted molar refractivity (Wildman–Crippen MR) is 108 cm³/mol. The van der Waals surface area contributed by atoms with Gasteiger partial charge in [-0.25, -0.2) is 5.43 Å². The van der Waals surface area contributed by atoms with Gasteiger partial charge in [0.15, 0.2) is 0 Å². The normalized spacial score (nSPS) is 15.4. The Morgan fingerprint density at radius 2 is 1.93 bits per heavy atom. The van der Waals surface area contributed by atoms with Crippen LogP contribution in [0.2, 0.25) is 0 Å². The van der Waals surface area contributed by atoms with Crippen molar-refractivity contribution in [2.75, 3.05) is 32.8 Å². The van der Waals surface area contributed by atoms with Crippen molar-refractivity contribution in [3.05, 3.63) is 52.3 Å². The van der Waals surface area contributed by atoms with Crippen molar-refractivity contribution in [2.45, 2.75) is 27.7 Å². The second-order valence-corrected chi connectivity index (χ2v) is 7.13. The van der Waals surface area contributed by atoms with E-state index in [1.807, 2.05) is 0 Å². The number of morpholine rings is 1. The van der Waals surface area contributed by atoms with Crippen molar-refractivity contribution in [1.29, 1.82) is 0 Å². The van der Waals surface area contributed by atoms with E-state index in [0.29, 0.717) is 19.8 Å². The fourth-order valence-corrected chi connectivity index (χ4v) is 3.52. The zero-order valence-electron chi connectivity index (χ0n) is 16.6. The van der Waals surface area contributed by atoms with Crippen molar-refractivity contribution in [3.63, 3.8) is 0 Å². The first-order valence-corrected chi connectivity index (χ1v) is 9.34. The third-order valence-electron chi connectivity index (χ3n) is 4.93. The molecule has 0 bridgehead atoms. The second-order valence-electron chi connectivity index (χ2n) is 7.13. The maximum atomic E-state index is 12.0. The number of rotatable bonds is 5. The van der Waals surface area contributed by atoms with Crippen LogP contribution >= 0.6 is 0 Å². The average Bonchev–Trinajstić information content (AvgIpc) is 2.90. The molecular weight excluding hydrogens is 340 g/mol. The minimum Gasteiger partial charge on any atom is -0.379 e. The predicted octanol–water partition coefficient (Wildman–Crippen LogP) is 2.49. The van der Waals surface area contributed by atoms with Crippen LogP contribution in [-0.4, -0.2) is 54.4 Å². The summed E-state index contributed by atoms with van der Waals surface area (Å²) in [5, 5.41) is 4.16. The van der Waals surface area contributed by atoms with Gasteiger partial charge < -0.3 is 9.30 Å². The van der Waals surface area contributed by atoms with Gasteiger partial charge in [-0.15, -0.1) is 0 Å². The van der Waals surface area contributed by atoms with E-state index < -0.39 is 0 Å². The molecule has 144 valence electrons. The highest BCUT2D eigenvalue weighted by Gasteiger charge is 2.14. The van der Waals surface area contributed by atoms with Crippen molar-refractivity contribution in [1.82, 2.24) is 14.9 Å². The molecule has 0 atom stereocenters. The molecule has 0 aliphatic carbocycles. The number of hydrogen-bond acceptors (Lipinski definition) is 4. The first-order valence-electron chi connectivity index (χ1n) is 9.34. The smallest absolute Gasteiger partial charge is 0.254 e. The van der Waals surface area contributed by atoms with Gasteiger partial charge in [0.05, 0.1) is 26.0 Å². The van der Waals surface area contributed by atoms with Gasteiger partial charge in [-0.3, -0.25) is 9.69 Å². The number of carbonyl (C=O) groups excluding carboxylic acids is 1. The Morgan fingerprint density at radius 1 is 1.19 bits per heavy atom. The van der Waals surface area contributed by atoms with Crippen LogP contribution in [0.3, 0.4) is 0 Å². The molecule has 0 saturated carbocycles. The van der Waals surface area contributed by atoms with E-state index in [2.05, 4.69) is 72.0 Å². The first-order chi connectivity index (χ1) is 13.0. The molecule has 1 aliphatic rings. The molecule has 2 aromatic rings. The van der Waals surface area contributed by atoms with Gasteiger partial charge >= 0.3 is 0 Å². The molecule has 1 aromatic carbocycles. The number of aromatic nitrogens is 1. The third-order valence-corrected chi connectivity index (χ3v) is 4.93. The summed E-state index contributed by atoms with van der Waals surface area (Å²) in [6.07, 6.45) is 1.72. The monoisotopic (exact) mass is 368 g/mol. The lowest BCUT2D eigenvalue weighted by Crippen LogP contribution is -2.42. The van der Waals surface area contributed by atoms with E-state index >= 15 is 0 Å².